The van der Waals surface area contributed by atoms with Crippen LogP contribution in [0.15, 0.2) is 18.2 Å². The lowest BCUT2D eigenvalue weighted by atomic mass is 10.2. The number of ether oxygens (including phenoxy) is 1. The van der Waals surface area contributed by atoms with Gasteiger partial charge in [0.25, 0.3) is 0 Å². The number of nitrogens with one attached hydrogen (secondary N) is 1. The van der Waals surface area contributed by atoms with Gasteiger partial charge in [-0.2, -0.15) is 0 Å². The van der Waals surface area contributed by atoms with Gasteiger partial charge in [0.05, 0.1) is 18.5 Å². The van der Waals surface area contributed by atoms with Crippen LogP contribution in [0.25, 0.3) is 0 Å². The Morgan fingerprint density at radius 1 is 1.29 bits per heavy atom. The molecule has 0 heterocycles. The lowest BCUT2D eigenvalue weighted by Gasteiger charge is -2.19. The molecule has 0 spiro atoms. The molecule has 4 nitrogen and oxygen atoms in total. The maximum Gasteiger partial charge on any atom is 0.121 e. The van der Waals surface area contributed by atoms with Crippen LogP contribution in [0, 0.1) is 0 Å². The van der Waals surface area contributed by atoms with Crippen molar-refractivity contribution < 1.29 is 4.74 Å². The van der Waals surface area contributed by atoms with Crippen LogP contribution in [0.1, 0.15) is 13.8 Å². The monoisotopic (exact) mass is 237 g/mol. The van der Waals surface area contributed by atoms with E-state index in [2.05, 4.69) is 24.1 Å². The van der Waals surface area contributed by atoms with Crippen LogP contribution in [-0.2, 0) is 0 Å². The first-order chi connectivity index (χ1) is 8.21. The fourth-order valence-electron chi connectivity index (χ4n) is 1.70. The average Bonchev–Trinajstić information content (AvgIpc) is 2.36. The summed E-state index contributed by atoms with van der Waals surface area (Å²) in [6.07, 6.45) is 0. The van der Waals surface area contributed by atoms with Crippen molar-refractivity contribution in [2.75, 3.05) is 44.3 Å². The van der Waals surface area contributed by atoms with Crippen LogP contribution in [0.4, 0.5) is 11.4 Å². The van der Waals surface area contributed by atoms with Gasteiger partial charge in [-0.3, -0.25) is 0 Å². The number of nitrogens with two attached hydrogens (primary N) is 1. The van der Waals surface area contributed by atoms with Crippen molar-refractivity contribution in [3.05, 3.63) is 18.2 Å². The molecule has 3 N–H and O–H groups in total. The van der Waals surface area contributed by atoms with Crippen molar-refractivity contribution in [2.45, 2.75) is 13.8 Å². The van der Waals surface area contributed by atoms with E-state index in [1.165, 1.54) is 0 Å². The van der Waals surface area contributed by atoms with Gasteiger partial charge in [0.1, 0.15) is 5.75 Å². The van der Waals surface area contributed by atoms with E-state index in [-0.39, 0.29) is 0 Å². The van der Waals surface area contributed by atoms with E-state index < -0.39 is 0 Å². The minimum absolute atomic E-state index is 0.755. The van der Waals surface area contributed by atoms with E-state index in [1.54, 1.807) is 7.11 Å². The minimum atomic E-state index is 0.755. The number of anilines is 2. The largest absolute Gasteiger partial charge is 0.497 e. The quantitative estimate of drug-likeness (QED) is 0.712. The van der Waals surface area contributed by atoms with E-state index in [9.17, 15) is 0 Å². The average molecular weight is 237 g/mol. The van der Waals surface area contributed by atoms with Crippen LogP contribution < -0.4 is 15.8 Å². The second-order valence-corrected chi connectivity index (χ2v) is 3.91. The number of hydrogen-bond acceptors (Lipinski definition) is 4. The molecule has 0 aliphatic rings. The Morgan fingerprint density at radius 3 is 2.59 bits per heavy atom. The third-order valence-electron chi connectivity index (χ3n) is 2.90. The normalized spacial score (nSPS) is 10.6. The smallest absolute Gasteiger partial charge is 0.121 e. The number of methoxy groups -OCH3 is 1. The van der Waals surface area contributed by atoms with Gasteiger partial charge in [0.15, 0.2) is 0 Å². The predicted molar refractivity (Wildman–Crippen MR) is 73.7 cm³/mol. The molecule has 1 rings (SSSR count). The fourth-order valence-corrected chi connectivity index (χ4v) is 1.70. The lowest BCUT2D eigenvalue weighted by Crippen LogP contribution is -2.28. The summed E-state index contributed by atoms with van der Waals surface area (Å²) in [5.41, 5.74) is 7.59. The minimum Gasteiger partial charge on any atom is -0.497 e. The van der Waals surface area contributed by atoms with Crippen molar-refractivity contribution in [2.24, 2.45) is 0 Å². The summed E-state index contributed by atoms with van der Waals surface area (Å²) in [6.45, 7) is 8.40. The van der Waals surface area contributed by atoms with Crippen molar-refractivity contribution in [1.29, 1.82) is 0 Å². The number of nitrogen functional groups attached to an aromatic ring is 1. The number of hydrogen-bond donors (Lipinski definition) is 2. The van der Waals surface area contributed by atoms with Gasteiger partial charge < -0.3 is 20.7 Å². The summed E-state index contributed by atoms with van der Waals surface area (Å²) in [7, 11) is 1.66. The summed E-state index contributed by atoms with van der Waals surface area (Å²) >= 11 is 0. The highest BCUT2D eigenvalue weighted by molar-refractivity contribution is 5.68. The molecule has 0 amide bonds. The Hall–Kier alpha value is -1.42. The number of likely N-dealkylation sites (N-methyl/N-ethyl adjacent to an activating group) is 1. The van der Waals surface area contributed by atoms with Gasteiger partial charge in [0.2, 0.25) is 0 Å². The molecule has 0 saturated carbocycles. The summed E-state index contributed by atoms with van der Waals surface area (Å²) in [6, 6.07) is 5.65. The first-order valence-corrected chi connectivity index (χ1v) is 6.11. The molecule has 0 aliphatic carbocycles. The second kappa shape index (κ2) is 7.01. The second-order valence-electron chi connectivity index (χ2n) is 3.91. The van der Waals surface area contributed by atoms with Gasteiger partial charge in [-0.15, -0.1) is 0 Å². The fraction of sp³-hybridized carbons (Fsp3) is 0.538. The Balaban J connectivity index is 2.50. The zero-order valence-corrected chi connectivity index (χ0v) is 11.0. The van der Waals surface area contributed by atoms with Crippen LogP contribution >= 0.6 is 0 Å². The maximum atomic E-state index is 5.89. The summed E-state index contributed by atoms with van der Waals surface area (Å²) in [5.74, 6) is 0.824. The van der Waals surface area contributed by atoms with E-state index in [0.29, 0.717) is 0 Å². The molecule has 96 valence electrons. The Bertz CT molecular complexity index is 337. The summed E-state index contributed by atoms with van der Waals surface area (Å²) in [4.78, 5) is 2.36. The van der Waals surface area contributed by atoms with Crippen molar-refractivity contribution in [3.63, 3.8) is 0 Å². The van der Waals surface area contributed by atoms with Gasteiger partial charge in [-0.05, 0) is 25.2 Å². The van der Waals surface area contributed by atoms with E-state index in [0.717, 1.165) is 43.3 Å². The van der Waals surface area contributed by atoms with E-state index in [4.69, 9.17) is 10.5 Å². The molecule has 0 unspecified atom stereocenters. The number of rotatable bonds is 7. The molecule has 1 aromatic carbocycles. The third kappa shape index (κ3) is 4.15. The number of nitrogens with zero attached hydrogens (tertiary/aromatic N) is 1. The zero-order valence-electron chi connectivity index (χ0n) is 11.0. The van der Waals surface area contributed by atoms with Crippen LogP contribution in [-0.4, -0.2) is 38.2 Å². The molecule has 0 atom stereocenters. The number of benzene rings is 1. The van der Waals surface area contributed by atoms with Gasteiger partial charge in [-0.1, -0.05) is 13.8 Å². The molecule has 0 aromatic heterocycles. The molecule has 17 heavy (non-hydrogen) atoms. The zero-order chi connectivity index (χ0) is 12.7. The van der Waals surface area contributed by atoms with Crippen LogP contribution in [0.2, 0.25) is 0 Å². The Kier molecular flexibility index (Phi) is 5.63. The van der Waals surface area contributed by atoms with Crippen molar-refractivity contribution >= 4 is 11.4 Å². The maximum absolute atomic E-state index is 5.89. The first-order valence-electron chi connectivity index (χ1n) is 6.11. The van der Waals surface area contributed by atoms with E-state index >= 15 is 0 Å². The lowest BCUT2D eigenvalue weighted by molar-refractivity contribution is 0.316. The summed E-state index contributed by atoms with van der Waals surface area (Å²) < 4.78 is 5.17. The molecule has 0 aliphatic heterocycles. The standard InChI is InChI=1S/C13H23N3O/c1-4-16(5-2)9-8-15-13-10-11(17-3)6-7-12(13)14/h6-7,10,15H,4-5,8-9,14H2,1-3H3. The molecular weight excluding hydrogens is 214 g/mol. The van der Waals surface area contributed by atoms with Gasteiger partial charge in [0, 0.05) is 19.2 Å². The topological polar surface area (TPSA) is 50.5 Å². The molecule has 0 saturated heterocycles. The highest BCUT2D eigenvalue weighted by Gasteiger charge is 2.02. The van der Waals surface area contributed by atoms with E-state index in [1.807, 2.05) is 18.2 Å². The molecule has 4 heteroatoms. The molecule has 0 fully saturated rings. The molecular formula is C13H23N3O. The molecule has 0 radical (unpaired) electrons. The van der Waals surface area contributed by atoms with Gasteiger partial charge >= 0.3 is 0 Å². The Labute approximate surface area is 104 Å². The van der Waals surface area contributed by atoms with Crippen molar-refractivity contribution in [3.8, 4) is 5.75 Å². The summed E-state index contributed by atoms with van der Waals surface area (Å²) in [5, 5.41) is 3.34. The SMILES string of the molecule is CCN(CC)CCNc1cc(OC)ccc1N. The Morgan fingerprint density at radius 2 is 2.00 bits per heavy atom. The van der Waals surface area contributed by atoms with Crippen LogP contribution in [0.3, 0.4) is 0 Å². The molecule has 0 bridgehead atoms. The van der Waals surface area contributed by atoms with Crippen LogP contribution in [0.5, 0.6) is 5.75 Å². The highest BCUT2D eigenvalue weighted by atomic mass is 16.5. The molecule has 1 aromatic rings. The van der Waals surface area contributed by atoms with Crippen molar-refractivity contribution in [1.82, 2.24) is 4.90 Å². The highest BCUT2D eigenvalue weighted by Crippen LogP contribution is 2.23. The predicted octanol–water partition coefficient (Wildman–Crippen LogP) is 2.03. The first kappa shape index (κ1) is 13.6. The van der Waals surface area contributed by atoms with Gasteiger partial charge in [-0.25, -0.2) is 0 Å². The third-order valence-corrected chi connectivity index (χ3v) is 2.90.